The van der Waals surface area contributed by atoms with Gasteiger partial charge in [-0.3, -0.25) is 0 Å². The van der Waals surface area contributed by atoms with Crippen LogP contribution in [-0.4, -0.2) is 0 Å². The fourth-order valence-electron chi connectivity index (χ4n) is 0. The molecule has 0 aliphatic carbocycles. The second-order valence-corrected chi connectivity index (χ2v) is 25.4. The first-order valence-electron chi connectivity index (χ1n) is 0.630. The van der Waals surface area contributed by atoms with Gasteiger partial charge in [0.15, 0.2) is 0 Å². The van der Waals surface area contributed by atoms with E-state index in [1.165, 1.54) is 0 Å². The summed E-state index contributed by atoms with van der Waals surface area (Å²) in [5.41, 5.74) is 0. The molecule has 0 saturated heterocycles. The molecule has 0 heterocycles. The van der Waals surface area contributed by atoms with Gasteiger partial charge >= 0.3 is 57.1 Å². The minimum absolute atomic E-state index is 4.04. The van der Waals surface area contributed by atoms with E-state index in [0.29, 0.717) is 0 Å². The zero-order valence-electron chi connectivity index (χ0n) is 2.22. The molecule has 0 spiro atoms. The molecule has 0 atom stereocenters. The van der Waals surface area contributed by atoms with E-state index in [2.05, 4.69) is 0 Å². The number of rotatable bonds is 0. The van der Waals surface area contributed by atoms with Crippen molar-refractivity contribution < 1.29 is 8.65 Å². The quantitative estimate of drug-likeness (QED) is 0.596. The number of hydrogen-bond acceptors (Lipinski definition) is 0. The van der Waals surface area contributed by atoms with Crippen molar-refractivity contribution in [3.8, 4) is 0 Å². The molecular formula is Cl5Rh-2. The standard InChI is InChI=1S/5ClH.Rh/h5*1H;/q;;;;;+3/p-5. The molecule has 0 aromatic carbocycles. The van der Waals surface area contributed by atoms with Crippen LogP contribution in [0.15, 0.2) is 0 Å². The zero-order valence-corrected chi connectivity index (χ0v) is 7.64. The molecule has 0 aliphatic heterocycles. The van der Waals surface area contributed by atoms with Gasteiger partial charge in [0.1, 0.15) is 0 Å². The van der Waals surface area contributed by atoms with Crippen molar-refractivity contribution in [1.82, 2.24) is 0 Å². The van der Waals surface area contributed by atoms with Gasteiger partial charge in [-0.2, -0.15) is 0 Å². The van der Waals surface area contributed by atoms with Gasteiger partial charge in [0.05, 0.1) is 0 Å². The molecule has 0 nitrogen and oxygen atoms in total. The van der Waals surface area contributed by atoms with Gasteiger partial charge in [-0.15, -0.1) is 0 Å². The monoisotopic (exact) mass is 278 g/mol. The first-order chi connectivity index (χ1) is 2.24. The van der Waals surface area contributed by atoms with Gasteiger partial charge in [0, 0.05) is 0 Å². The van der Waals surface area contributed by atoms with Crippen molar-refractivity contribution in [2.45, 2.75) is 0 Å². The van der Waals surface area contributed by atoms with Crippen LogP contribution in [-0.2, 0) is 8.65 Å². The number of halogens is 5. The van der Waals surface area contributed by atoms with Crippen molar-refractivity contribution in [1.29, 1.82) is 0 Å². The van der Waals surface area contributed by atoms with E-state index in [1.807, 2.05) is 0 Å². The van der Waals surface area contributed by atoms with E-state index in [9.17, 15) is 0 Å². The molecule has 0 rings (SSSR count). The Labute approximate surface area is 56.6 Å². The van der Waals surface area contributed by atoms with Crippen LogP contribution in [0.5, 0.6) is 0 Å². The molecule has 46 valence electrons. The second kappa shape index (κ2) is 1.79. The maximum absolute atomic E-state index is 5.02. The third-order valence-electron chi connectivity index (χ3n) is 0. The van der Waals surface area contributed by atoms with E-state index >= 15 is 0 Å². The summed E-state index contributed by atoms with van der Waals surface area (Å²) in [4.78, 5) is 0. The molecule has 0 aliphatic rings. The van der Waals surface area contributed by atoms with Crippen LogP contribution < -0.4 is 0 Å². The SMILES string of the molecule is [Cl][Rh-2]([Cl])([Cl])([Cl])[Cl]. The summed E-state index contributed by atoms with van der Waals surface area (Å²) < 4.78 is 0. The Morgan fingerprint density at radius 1 is 0.667 bits per heavy atom. The Morgan fingerprint density at radius 3 is 0.667 bits per heavy atom. The Morgan fingerprint density at radius 2 is 0.667 bits per heavy atom. The van der Waals surface area contributed by atoms with E-state index < -0.39 is 8.65 Å². The minimum atomic E-state index is -4.04. The van der Waals surface area contributed by atoms with Gasteiger partial charge in [0.25, 0.3) is 0 Å². The summed E-state index contributed by atoms with van der Waals surface area (Å²) in [5, 5.41) is 0. The summed E-state index contributed by atoms with van der Waals surface area (Å²) >= 11 is 0. The summed E-state index contributed by atoms with van der Waals surface area (Å²) in [6.45, 7) is 0. The fourth-order valence-corrected chi connectivity index (χ4v) is 0. The van der Waals surface area contributed by atoms with Crippen molar-refractivity contribution in [3.05, 3.63) is 0 Å². The Balaban J connectivity index is 3.73. The first-order valence-corrected chi connectivity index (χ1v) is 11.2. The molecule has 0 fully saturated rings. The second-order valence-electron chi connectivity index (χ2n) is 0.476. The van der Waals surface area contributed by atoms with Crippen molar-refractivity contribution in [3.63, 3.8) is 0 Å². The van der Waals surface area contributed by atoms with Gasteiger partial charge in [-0.25, -0.2) is 0 Å². The zero-order chi connectivity index (χ0) is 5.45. The third kappa shape index (κ3) is 36.4. The molecule has 0 amide bonds. The van der Waals surface area contributed by atoms with E-state index in [-0.39, 0.29) is 0 Å². The van der Waals surface area contributed by atoms with Crippen molar-refractivity contribution in [2.24, 2.45) is 0 Å². The molecule has 0 aromatic heterocycles. The average Bonchev–Trinajstić information content (AvgIpc) is 0.650. The van der Waals surface area contributed by atoms with Crippen LogP contribution in [0.4, 0.5) is 0 Å². The molecular weight excluding hydrogens is 280 g/mol. The van der Waals surface area contributed by atoms with E-state index in [0.717, 1.165) is 0 Å². The molecule has 0 saturated carbocycles. The van der Waals surface area contributed by atoms with E-state index in [1.54, 1.807) is 0 Å². The fraction of sp³-hybridized carbons (Fsp3) is 0. The van der Waals surface area contributed by atoms with Gasteiger partial charge < -0.3 is 0 Å². The molecule has 0 aromatic rings. The summed E-state index contributed by atoms with van der Waals surface area (Å²) in [6, 6.07) is 0. The van der Waals surface area contributed by atoms with Gasteiger partial charge in [-0.05, 0) is 0 Å². The topological polar surface area (TPSA) is 0 Å². The van der Waals surface area contributed by atoms with Gasteiger partial charge in [-0.1, -0.05) is 0 Å². The van der Waals surface area contributed by atoms with Crippen LogP contribution in [0.3, 0.4) is 0 Å². The summed E-state index contributed by atoms with van der Waals surface area (Å²) in [5.74, 6) is 0. The Kier molecular flexibility index (Phi) is 2.41. The van der Waals surface area contributed by atoms with Crippen LogP contribution in [0.2, 0.25) is 0 Å². The summed E-state index contributed by atoms with van der Waals surface area (Å²) in [7, 11) is 21.0. The molecule has 6 heteroatoms. The summed E-state index contributed by atoms with van der Waals surface area (Å²) in [6.07, 6.45) is 0. The first kappa shape index (κ1) is 8.07. The predicted octanol–water partition coefficient (Wildman–Crippen LogP) is 3.44. The Bertz CT molecular complexity index is 37.1. The molecule has 0 unspecified atom stereocenters. The maximum atomic E-state index is 5.02. The third-order valence-corrected chi connectivity index (χ3v) is 0. The average molecular weight is 280 g/mol. The van der Waals surface area contributed by atoms with Gasteiger partial charge in [0.2, 0.25) is 0 Å². The van der Waals surface area contributed by atoms with Crippen LogP contribution in [0, 0.1) is 0 Å². The molecule has 0 N–H and O–H groups in total. The van der Waals surface area contributed by atoms with Crippen molar-refractivity contribution in [2.75, 3.05) is 0 Å². The normalized spacial score (nSPS) is 19.2. The number of hydrogen-bond donors (Lipinski definition) is 0. The Hall–Kier alpha value is 2.07. The van der Waals surface area contributed by atoms with Crippen LogP contribution in [0.1, 0.15) is 0 Å². The molecule has 0 bridgehead atoms. The van der Waals surface area contributed by atoms with Crippen molar-refractivity contribution >= 4 is 48.5 Å². The molecule has 6 heavy (non-hydrogen) atoms. The van der Waals surface area contributed by atoms with Crippen LogP contribution in [0.25, 0.3) is 0 Å². The van der Waals surface area contributed by atoms with Crippen LogP contribution >= 0.6 is 48.5 Å². The molecule has 0 radical (unpaired) electrons. The van der Waals surface area contributed by atoms with E-state index in [4.69, 9.17) is 48.5 Å². The predicted molar refractivity (Wildman–Crippen MR) is 29.3 cm³/mol.